The molecule has 1 N–H and O–H groups in total. The second kappa shape index (κ2) is 2.01. The van der Waals surface area contributed by atoms with E-state index in [1.165, 1.54) is 0 Å². The molecule has 0 aliphatic rings. The van der Waals surface area contributed by atoms with Gasteiger partial charge in [0.15, 0.2) is 0 Å². The lowest BCUT2D eigenvalue weighted by molar-refractivity contribution is 0.443. The first-order chi connectivity index (χ1) is 4.20. The molecule has 0 fully saturated rings. The fourth-order valence-corrected chi connectivity index (χ4v) is 0.525. The highest BCUT2D eigenvalue weighted by atomic mass is 16.3. The van der Waals surface area contributed by atoms with Crippen molar-refractivity contribution in [3.05, 3.63) is 17.6 Å². The Kier molecular flexibility index (Phi) is 1.34. The summed E-state index contributed by atoms with van der Waals surface area (Å²) in [7, 11) is 0. The molecule has 1 rings (SSSR count). The van der Waals surface area contributed by atoms with Crippen LogP contribution in [0.4, 0.5) is 0 Å². The molecule has 0 radical (unpaired) electrons. The first-order valence-corrected chi connectivity index (χ1v) is 2.69. The number of aryl methyl sites for hydroxylation is 2. The number of aromatic nitrogens is 2. The summed E-state index contributed by atoms with van der Waals surface area (Å²) in [4.78, 5) is 7.63. The average molecular weight is 124 g/mol. The minimum absolute atomic E-state index is 0.0231. The number of hydrogen-bond acceptors (Lipinski definition) is 3. The third-order valence-corrected chi connectivity index (χ3v) is 1.05. The molecule has 1 aromatic heterocycles. The standard InChI is InChI=1S/C6H8N2O/c1-4-3-7-5(2)6(9)8-4/h3H,1-2H3,(H,8,9). The van der Waals surface area contributed by atoms with E-state index in [2.05, 4.69) is 9.97 Å². The van der Waals surface area contributed by atoms with Crippen LogP contribution in [0, 0.1) is 13.8 Å². The number of hydrogen-bond donors (Lipinski definition) is 1. The molecule has 0 bridgehead atoms. The van der Waals surface area contributed by atoms with Crippen molar-refractivity contribution < 1.29 is 5.11 Å². The summed E-state index contributed by atoms with van der Waals surface area (Å²) < 4.78 is 0. The van der Waals surface area contributed by atoms with Gasteiger partial charge in [-0.05, 0) is 13.8 Å². The molecule has 0 amide bonds. The van der Waals surface area contributed by atoms with Crippen LogP contribution in [0.2, 0.25) is 0 Å². The van der Waals surface area contributed by atoms with E-state index in [-0.39, 0.29) is 5.88 Å². The van der Waals surface area contributed by atoms with E-state index in [4.69, 9.17) is 5.11 Å². The SMILES string of the molecule is Cc1cnc(C)c(O)n1. The fraction of sp³-hybridized carbons (Fsp3) is 0.333. The van der Waals surface area contributed by atoms with Gasteiger partial charge in [-0.3, -0.25) is 4.98 Å². The maximum atomic E-state index is 8.93. The van der Waals surface area contributed by atoms with Gasteiger partial charge in [0.1, 0.15) is 0 Å². The number of nitrogens with zero attached hydrogens (tertiary/aromatic N) is 2. The molecule has 9 heavy (non-hydrogen) atoms. The van der Waals surface area contributed by atoms with Crippen LogP contribution in [-0.4, -0.2) is 15.1 Å². The number of aromatic hydroxyl groups is 1. The largest absolute Gasteiger partial charge is 0.492 e. The van der Waals surface area contributed by atoms with Crippen LogP contribution < -0.4 is 0 Å². The van der Waals surface area contributed by atoms with Crippen LogP contribution >= 0.6 is 0 Å². The molecule has 3 heteroatoms. The van der Waals surface area contributed by atoms with Crippen LogP contribution in [0.25, 0.3) is 0 Å². The predicted octanol–water partition coefficient (Wildman–Crippen LogP) is 0.799. The molecular formula is C6H8N2O. The highest BCUT2D eigenvalue weighted by Gasteiger charge is 1.95. The first-order valence-electron chi connectivity index (χ1n) is 2.69. The van der Waals surface area contributed by atoms with Gasteiger partial charge in [0.25, 0.3) is 0 Å². The quantitative estimate of drug-likeness (QED) is 0.556. The van der Waals surface area contributed by atoms with Crippen molar-refractivity contribution in [1.29, 1.82) is 0 Å². The van der Waals surface area contributed by atoms with Gasteiger partial charge in [0.2, 0.25) is 5.88 Å². The summed E-state index contributed by atoms with van der Waals surface area (Å²) in [6.45, 7) is 3.49. The molecule has 1 aromatic rings. The van der Waals surface area contributed by atoms with Gasteiger partial charge in [-0.2, -0.15) is 0 Å². The lowest BCUT2D eigenvalue weighted by Gasteiger charge is -1.94. The zero-order valence-corrected chi connectivity index (χ0v) is 5.42. The molecular weight excluding hydrogens is 116 g/mol. The minimum atomic E-state index is 0.0231. The van der Waals surface area contributed by atoms with Crippen LogP contribution in [-0.2, 0) is 0 Å². The molecule has 48 valence electrons. The van der Waals surface area contributed by atoms with Crippen LogP contribution in [0.5, 0.6) is 5.88 Å². The summed E-state index contributed by atoms with van der Waals surface area (Å²) in [5.41, 5.74) is 1.30. The molecule has 0 atom stereocenters. The van der Waals surface area contributed by atoms with E-state index >= 15 is 0 Å². The summed E-state index contributed by atoms with van der Waals surface area (Å²) in [6.07, 6.45) is 1.62. The molecule has 0 spiro atoms. The molecule has 0 saturated heterocycles. The molecule has 0 aromatic carbocycles. The molecule has 0 saturated carbocycles. The highest BCUT2D eigenvalue weighted by Crippen LogP contribution is 2.07. The maximum absolute atomic E-state index is 8.93. The van der Waals surface area contributed by atoms with Crippen molar-refractivity contribution in [2.75, 3.05) is 0 Å². The van der Waals surface area contributed by atoms with Crippen LogP contribution in [0.15, 0.2) is 6.20 Å². The van der Waals surface area contributed by atoms with E-state index in [0.29, 0.717) is 5.69 Å². The van der Waals surface area contributed by atoms with Crippen LogP contribution in [0.1, 0.15) is 11.4 Å². The van der Waals surface area contributed by atoms with Gasteiger partial charge in [0, 0.05) is 6.20 Å². The Balaban J connectivity index is 3.17. The molecule has 0 aliphatic heterocycles. The van der Waals surface area contributed by atoms with E-state index in [1.807, 2.05) is 0 Å². The summed E-state index contributed by atoms with van der Waals surface area (Å²) in [6, 6.07) is 0. The monoisotopic (exact) mass is 124 g/mol. The van der Waals surface area contributed by atoms with Crippen molar-refractivity contribution in [2.24, 2.45) is 0 Å². The maximum Gasteiger partial charge on any atom is 0.233 e. The van der Waals surface area contributed by atoms with Gasteiger partial charge in [-0.1, -0.05) is 0 Å². The Labute approximate surface area is 53.4 Å². The zero-order valence-electron chi connectivity index (χ0n) is 5.42. The Morgan fingerprint density at radius 1 is 1.44 bits per heavy atom. The molecule has 0 aliphatic carbocycles. The Morgan fingerprint density at radius 2 is 2.11 bits per heavy atom. The van der Waals surface area contributed by atoms with Crippen molar-refractivity contribution in [2.45, 2.75) is 13.8 Å². The van der Waals surface area contributed by atoms with E-state index in [9.17, 15) is 0 Å². The van der Waals surface area contributed by atoms with Gasteiger partial charge < -0.3 is 5.11 Å². The third kappa shape index (κ3) is 1.16. The van der Waals surface area contributed by atoms with Crippen molar-refractivity contribution in [3.63, 3.8) is 0 Å². The van der Waals surface area contributed by atoms with Crippen LogP contribution in [0.3, 0.4) is 0 Å². The molecule has 3 nitrogen and oxygen atoms in total. The Morgan fingerprint density at radius 3 is 2.56 bits per heavy atom. The lowest BCUT2D eigenvalue weighted by Crippen LogP contribution is -1.87. The van der Waals surface area contributed by atoms with Gasteiger partial charge >= 0.3 is 0 Å². The number of rotatable bonds is 0. The lowest BCUT2D eigenvalue weighted by atomic mass is 10.4. The Bertz CT molecular complexity index is 222. The smallest absolute Gasteiger partial charge is 0.233 e. The predicted molar refractivity (Wildman–Crippen MR) is 33.2 cm³/mol. The minimum Gasteiger partial charge on any atom is -0.492 e. The van der Waals surface area contributed by atoms with E-state index < -0.39 is 0 Å². The topological polar surface area (TPSA) is 46.0 Å². The van der Waals surface area contributed by atoms with Gasteiger partial charge in [-0.25, -0.2) is 4.98 Å². The summed E-state index contributed by atoms with van der Waals surface area (Å²) in [5.74, 6) is 0.0231. The third-order valence-electron chi connectivity index (χ3n) is 1.05. The fourth-order valence-electron chi connectivity index (χ4n) is 0.525. The second-order valence-corrected chi connectivity index (χ2v) is 1.92. The van der Waals surface area contributed by atoms with E-state index in [0.717, 1.165) is 5.69 Å². The van der Waals surface area contributed by atoms with Crippen molar-refractivity contribution in [3.8, 4) is 5.88 Å². The molecule has 0 unspecified atom stereocenters. The summed E-state index contributed by atoms with van der Waals surface area (Å²) in [5, 5.41) is 8.93. The highest BCUT2D eigenvalue weighted by molar-refractivity contribution is 5.15. The zero-order chi connectivity index (χ0) is 6.85. The normalized spacial score (nSPS) is 9.56. The summed E-state index contributed by atoms with van der Waals surface area (Å²) >= 11 is 0. The first kappa shape index (κ1) is 6.01. The second-order valence-electron chi connectivity index (χ2n) is 1.92. The Hall–Kier alpha value is -1.12. The van der Waals surface area contributed by atoms with Crippen molar-refractivity contribution in [1.82, 2.24) is 9.97 Å². The molecule has 1 heterocycles. The average Bonchev–Trinajstić information content (AvgIpc) is 1.80. The van der Waals surface area contributed by atoms with Gasteiger partial charge in [0.05, 0.1) is 11.4 Å². The van der Waals surface area contributed by atoms with Crippen molar-refractivity contribution >= 4 is 0 Å². The van der Waals surface area contributed by atoms with Gasteiger partial charge in [-0.15, -0.1) is 0 Å². The van der Waals surface area contributed by atoms with E-state index in [1.54, 1.807) is 20.0 Å².